The highest BCUT2D eigenvalue weighted by molar-refractivity contribution is 5.32. The minimum absolute atomic E-state index is 0.155. The molecule has 0 radical (unpaired) electrons. The Labute approximate surface area is 142 Å². The van der Waals surface area contributed by atoms with Crippen molar-refractivity contribution in [1.29, 1.82) is 5.26 Å². The van der Waals surface area contributed by atoms with Gasteiger partial charge in [0.15, 0.2) is 5.82 Å². The van der Waals surface area contributed by atoms with Crippen LogP contribution in [0.5, 0.6) is 0 Å². The molecule has 1 aliphatic heterocycles. The summed E-state index contributed by atoms with van der Waals surface area (Å²) in [5, 5.41) is 13.0. The average molecular weight is 325 g/mol. The Kier molecular flexibility index (Phi) is 5.24. The molecule has 24 heavy (non-hydrogen) atoms. The first-order valence-corrected chi connectivity index (χ1v) is 8.47. The Balaban J connectivity index is 1.54. The van der Waals surface area contributed by atoms with Crippen LogP contribution in [0, 0.1) is 11.3 Å². The topological polar surface area (TPSA) is 69.2 Å². The van der Waals surface area contributed by atoms with E-state index >= 15 is 0 Å². The molecule has 1 unspecified atom stereocenters. The number of piperazine rings is 1. The van der Waals surface area contributed by atoms with E-state index in [-0.39, 0.29) is 6.04 Å². The van der Waals surface area contributed by atoms with Crippen LogP contribution < -0.4 is 0 Å². The van der Waals surface area contributed by atoms with Gasteiger partial charge in [-0.3, -0.25) is 9.80 Å². The van der Waals surface area contributed by atoms with Crippen LogP contribution in [0.4, 0.5) is 0 Å². The first kappa shape index (κ1) is 16.6. The second kappa shape index (κ2) is 7.56. The third-order valence-electron chi connectivity index (χ3n) is 4.57. The van der Waals surface area contributed by atoms with Crippen molar-refractivity contribution in [3.8, 4) is 6.07 Å². The van der Waals surface area contributed by atoms with E-state index in [1.165, 1.54) is 5.56 Å². The summed E-state index contributed by atoms with van der Waals surface area (Å²) in [6.07, 6.45) is 0.797. The molecule has 0 aliphatic carbocycles. The van der Waals surface area contributed by atoms with Gasteiger partial charge in [-0.05, 0) is 24.6 Å². The third-order valence-corrected chi connectivity index (χ3v) is 4.57. The molecule has 0 amide bonds. The number of hydrogen-bond donors (Lipinski definition) is 0. The maximum Gasteiger partial charge on any atom is 0.243 e. The molecule has 1 fully saturated rings. The first-order chi connectivity index (χ1) is 11.7. The number of aromatic nitrogens is 2. The largest absolute Gasteiger partial charge is 0.338 e. The maximum atomic E-state index is 9.00. The molecule has 6 heteroatoms. The lowest BCUT2D eigenvalue weighted by molar-refractivity contribution is 0.0845. The van der Waals surface area contributed by atoms with Gasteiger partial charge in [-0.15, -0.1) is 0 Å². The van der Waals surface area contributed by atoms with Crippen molar-refractivity contribution in [2.75, 3.05) is 26.2 Å². The van der Waals surface area contributed by atoms with E-state index in [1.54, 1.807) is 0 Å². The van der Waals surface area contributed by atoms with E-state index in [4.69, 9.17) is 9.78 Å². The summed E-state index contributed by atoms with van der Waals surface area (Å²) in [5.41, 5.74) is 1.92. The van der Waals surface area contributed by atoms with Crippen LogP contribution in [-0.2, 0) is 13.0 Å². The van der Waals surface area contributed by atoms with Crippen LogP contribution in [0.15, 0.2) is 28.8 Å². The van der Waals surface area contributed by atoms with E-state index in [0.717, 1.165) is 50.5 Å². The number of hydrogen-bond acceptors (Lipinski definition) is 6. The third kappa shape index (κ3) is 3.81. The lowest BCUT2D eigenvalue weighted by atomic mass is 10.1. The Morgan fingerprint density at radius 1 is 1.29 bits per heavy atom. The number of rotatable bonds is 5. The SMILES string of the molecule is CCc1noc(C(C)N2CCN(Cc3cccc(C#N)c3)CC2)n1. The highest BCUT2D eigenvalue weighted by atomic mass is 16.5. The Morgan fingerprint density at radius 2 is 2.08 bits per heavy atom. The van der Waals surface area contributed by atoms with E-state index in [1.807, 2.05) is 25.1 Å². The summed E-state index contributed by atoms with van der Waals surface area (Å²) in [6.45, 7) is 8.98. The maximum absolute atomic E-state index is 9.00. The summed E-state index contributed by atoms with van der Waals surface area (Å²) in [6, 6.07) is 10.2. The van der Waals surface area contributed by atoms with Gasteiger partial charge in [0.25, 0.3) is 0 Å². The van der Waals surface area contributed by atoms with Crippen LogP contribution in [0.1, 0.15) is 42.7 Å². The van der Waals surface area contributed by atoms with Crippen molar-refractivity contribution in [2.45, 2.75) is 32.9 Å². The summed E-state index contributed by atoms with van der Waals surface area (Å²) in [4.78, 5) is 9.25. The Morgan fingerprint density at radius 3 is 2.75 bits per heavy atom. The molecule has 1 atom stereocenters. The van der Waals surface area contributed by atoms with Gasteiger partial charge in [0.1, 0.15) is 0 Å². The molecule has 1 aromatic heterocycles. The predicted octanol–water partition coefficient (Wildman–Crippen LogP) is 2.38. The molecule has 1 aromatic carbocycles. The molecule has 2 heterocycles. The van der Waals surface area contributed by atoms with E-state index in [0.29, 0.717) is 5.89 Å². The minimum Gasteiger partial charge on any atom is -0.338 e. The molecule has 0 saturated carbocycles. The fourth-order valence-electron chi connectivity index (χ4n) is 3.04. The van der Waals surface area contributed by atoms with Crippen molar-refractivity contribution in [2.24, 2.45) is 0 Å². The van der Waals surface area contributed by atoms with E-state index in [2.05, 4.69) is 39.0 Å². The van der Waals surface area contributed by atoms with Crippen molar-refractivity contribution in [3.63, 3.8) is 0 Å². The number of nitrogens with zero attached hydrogens (tertiary/aromatic N) is 5. The van der Waals surface area contributed by atoms with Gasteiger partial charge in [-0.2, -0.15) is 10.2 Å². The van der Waals surface area contributed by atoms with Gasteiger partial charge in [0.05, 0.1) is 17.7 Å². The second-order valence-electron chi connectivity index (χ2n) is 6.20. The molecular formula is C18H23N5O. The molecule has 6 nitrogen and oxygen atoms in total. The van der Waals surface area contributed by atoms with Crippen molar-refractivity contribution < 1.29 is 4.52 Å². The zero-order valence-corrected chi connectivity index (χ0v) is 14.3. The monoisotopic (exact) mass is 325 g/mol. The highest BCUT2D eigenvalue weighted by Crippen LogP contribution is 2.21. The standard InChI is InChI=1S/C18H23N5O/c1-3-17-20-18(24-21-17)14(2)23-9-7-22(8-10-23)13-16-6-4-5-15(11-16)12-19/h4-6,11,14H,3,7-10,13H2,1-2H3. The van der Waals surface area contributed by atoms with Crippen molar-refractivity contribution >= 4 is 0 Å². The van der Waals surface area contributed by atoms with Gasteiger partial charge >= 0.3 is 0 Å². The zero-order valence-electron chi connectivity index (χ0n) is 14.3. The molecular weight excluding hydrogens is 302 g/mol. The number of aryl methyl sites for hydroxylation is 1. The van der Waals surface area contributed by atoms with Crippen LogP contribution >= 0.6 is 0 Å². The lowest BCUT2D eigenvalue weighted by Gasteiger charge is -2.36. The summed E-state index contributed by atoms with van der Waals surface area (Å²) < 4.78 is 5.37. The van der Waals surface area contributed by atoms with Crippen molar-refractivity contribution in [1.82, 2.24) is 19.9 Å². The van der Waals surface area contributed by atoms with Crippen LogP contribution in [-0.4, -0.2) is 46.1 Å². The molecule has 3 rings (SSSR count). The zero-order chi connectivity index (χ0) is 16.9. The Hall–Kier alpha value is -2.23. The quantitative estimate of drug-likeness (QED) is 0.841. The van der Waals surface area contributed by atoms with E-state index < -0.39 is 0 Å². The summed E-state index contributed by atoms with van der Waals surface area (Å²) >= 11 is 0. The number of benzene rings is 1. The fourth-order valence-corrected chi connectivity index (χ4v) is 3.04. The fraction of sp³-hybridized carbons (Fsp3) is 0.500. The van der Waals surface area contributed by atoms with Crippen molar-refractivity contribution in [3.05, 3.63) is 47.1 Å². The molecule has 0 spiro atoms. The van der Waals surface area contributed by atoms with Gasteiger partial charge in [0, 0.05) is 39.1 Å². The summed E-state index contributed by atoms with van der Waals surface area (Å²) in [5.74, 6) is 1.48. The van der Waals surface area contributed by atoms with Gasteiger partial charge in [0.2, 0.25) is 5.89 Å². The first-order valence-electron chi connectivity index (χ1n) is 8.47. The molecule has 1 saturated heterocycles. The van der Waals surface area contributed by atoms with Gasteiger partial charge < -0.3 is 4.52 Å². The predicted molar refractivity (Wildman–Crippen MR) is 90.1 cm³/mol. The molecule has 126 valence electrons. The molecule has 0 bridgehead atoms. The normalized spacial score (nSPS) is 17.5. The molecule has 1 aliphatic rings. The van der Waals surface area contributed by atoms with E-state index in [9.17, 15) is 0 Å². The van der Waals surface area contributed by atoms with Crippen LogP contribution in [0.25, 0.3) is 0 Å². The second-order valence-corrected chi connectivity index (χ2v) is 6.20. The van der Waals surface area contributed by atoms with Gasteiger partial charge in [-0.1, -0.05) is 24.2 Å². The minimum atomic E-state index is 0.155. The van der Waals surface area contributed by atoms with Crippen LogP contribution in [0.2, 0.25) is 0 Å². The molecule has 2 aromatic rings. The molecule has 0 N–H and O–H groups in total. The summed E-state index contributed by atoms with van der Waals surface area (Å²) in [7, 11) is 0. The highest BCUT2D eigenvalue weighted by Gasteiger charge is 2.25. The Bertz CT molecular complexity index is 712. The number of nitriles is 1. The smallest absolute Gasteiger partial charge is 0.243 e. The van der Waals surface area contributed by atoms with Gasteiger partial charge in [-0.25, -0.2) is 0 Å². The average Bonchev–Trinajstić information content (AvgIpc) is 3.11. The lowest BCUT2D eigenvalue weighted by Crippen LogP contribution is -2.46. The van der Waals surface area contributed by atoms with Crippen LogP contribution in [0.3, 0.4) is 0 Å².